The van der Waals surface area contributed by atoms with E-state index < -0.39 is 0 Å². The molecule has 0 saturated heterocycles. The van der Waals surface area contributed by atoms with E-state index in [0.717, 1.165) is 19.5 Å². The zero-order chi connectivity index (χ0) is 9.94. The van der Waals surface area contributed by atoms with Crippen molar-refractivity contribution < 1.29 is 14.3 Å². The van der Waals surface area contributed by atoms with Gasteiger partial charge in [-0.2, -0.15) is 0 Å². The normalized spacial score (nSPS) is 10.0. The lowest BCUT2D eigenvalue weighted by Crippen LogP contribution is -2.21. The number of esters is 1. The topological polar surface area (TPSA) is 47.6 Å². The Morgan fingerprint density at radius 2 is 2.08 bits per heavy atom. The Balaban J connectivity index is 2.95. The Morgan fingerprint density at radius 1 is 1.31 bits per heavy atom. The van der Waals surface area contributed by atoms with Crippen LogP contribution in [0.3, 0.4) is 0 Å². The van der Waals surface area contributed by atoms with Gasteiger partial charge in [-0.05, 0) is 13.0 Å². The van der Waals surface area contributed by atoms with E-state index in [1.165, 1.54) is 7.11 Å². The van der Waals surface area contributed by atoms with Crippen LogP contribution in [0.2, 0.25) is 0 Å². The van der Waals surface area contributed by atoms with E-state index >= 15 is 0 Å². The predicted octanol–water partition coefficient (Wildman–Crippen LogP) is 0.566. The van der Waals surface area contributed by atoms with Crippen LogP contribution in [0.15, 0.2) is 0 Å². The molecule has 1 N–H and O–H groups in total. The second-order valence-corrected chi connectivity index (χ2v) is 2.69. The van der Waals surface area contributed by atoms with Crippen LogP contribution in [-0.2, 0) is 14.3 Å². The largest absolute Gasteiger partial charge is 0.469 e. The molecule has 0 aromatic carbocycles. The van der Waals surface area contributed by atoms with Crippen molar-refractivity contribution in [3.8, 4) is 0 Å². The van der Waals surface area contributed by atoms with Crippen LogP contribution < -0.4 is 5.32 Å². The number of ether oxygens (including phenoxy) is 2. The molecule has 0 saturated carbocycles. The molecule has 4 heteroatoms. The first-order valence-corrected chi connectivity index (χ1v) is 4.66. The van der Waals surface area contributed by atoms with E-state index in [-0.39, 0.29) is 5.97 Å². The highest BCUT2D eigenvalue weighted by Crippen LogP contribution is 1.85. The highest BCUT2D eigenvalue weighted by atomic mass is 16.5. The van der Waals surface area contributed by atoms with Gasteiger partial charge in [0.1, 0.15) is 0 Å². The van der Waals surface area contributed by atoms with Gasteiger partial charge in [-0.1, -0.05) is 6.92 Å². The van der Waals surface area contributed by atoms with Gasteiger partial charge in [-0.15, -0.1) is 0 Å². The van der Waals surface area contributed by atoms with Crippen LogP contribution in [-0.4, -0.2) is 39.4 Å². The molecule has 0 aliphatic heterocycles. The van der Waals surface area contributed by atoms with Crippen molar-refractivity contribution in [3.63, 3.8) is 0 Å². The van der Waals surface area contributed by atoms with E-state index in [0.29, 0.717) is 19.6 Å². The van der Waals surface area contributed by atoms with E-state index in [1.54, 1.807) is 0 Å². The van der Waals surface area contributed by atoms with Crippen LogP contribution in [0.1, 0.15) is 19.8 Å². The van der Waals surface area contributed by atoms with E-state index in [9.17, 15) is 4.79 Å². The Kier molecular flexibility index (Phi) is 9.03. The maximum atomic E-state index is 10.6. The van der Waals surface area contributed by atoms with Crippen molar-refractivity contribution in [2.24, 2.45) is 0 Å². The lowest BCUT2D eigenvalue weighted by Gasteiger charge is -2.04. The molecule has 0 aromatic heterocycles. The van der Waals surface area contributed by atoms with Gasteiger partial charge in [0.25, 0.3) is 0 Å². The van der Waals surface area contributed by atoms with E-state index in [4.69, 9.17) is 4.74 Å². The average Bonchev–Trinajstić information content (AvgIpc) is 2.16. The van der Waals surface area contributed by atoms with Gasteiger partial charge in [0.2, 0.25) is 0 Å². The molecule has 0 aliphatic carbocycles. The third kappa shape index (κ3) is 9.30. The Hall–Kier alpha value is -0.610. The molecule has 0 atom stereocenters. The molecule has 0 bridgehead atoms. The third-order valence-electron chi connectivity index (χ3n) is 1.53. The van der Waals surface area contributed by atoms with Gasteiger partial charge >= 0.3 is 5.97 Å². The Labute approximate surface area is 79.6 Å². The molecule has 0 amide bonds. The lowest BCUT2D eigenvalue weighted by atomic mass is 10.4. The van der Waals surface area contributed by atoms with Crippen molar-refractivity contribution in [1.29, 1.82) is 0 Å². The van der Waals surface area contributed by atoms with Gasteiger partial charge in [-0.25, -0.2) is 0 Å². The number of methoxy groups -OCH3 is 1. The van der Waals surface area contributed by atoms with Gasteiger partial charge < -0.3 is 14.8 Å². The molecule has 0 spiro atoms. The number of hydrogen-bond acceptors (Lipinski definition) is 4. The Morgan fingerprint density at radius 3 is 2.69 bits per heavy atom. The minimum absolute atomic E-state index is 0.221. The van der Waals surface area contributed by atoms with Crippen molar-refractivity contribution >= 4 is 5.97 Å². The zero-order valence-electron chi connectivity index (χ0n) is 8.47. The summed E-state index contributed by atoms with van der Waals surface area (Å²) in [5.74, 6) is -0.221. The van der Waals surface area contributed by atoms with Gasteiger partial charge in [0.05, 0.1) is 26.7 Å². The molecular weight excluding hydrogens is 170 g/mol. The molecule has 13 heavy (non-hydrogen) atoms. The van der Waals surface area contributed by atoms with Crippen LogP contribution in [0.25, 0.3) is 0 Å². The van der Waals surface area contributed by atoms with Crippen molar-refractivity contribution in [2.75, 3.05) is 33.4 Å². The minimum Gasteiger partial charge on any atom is -0.469 e. The number of rotatable bonds is 8. The second kappa shape index (κ2) is 9.48. The van der Waals surface area contributed by atoms with Crippen LogP contribution in [0, 0.1) is 0 Å². The van der Waals surface area contributed by atoms with Crippen LogP contribution in [0.4, 0.5) is 0 Å². The first kappa shape index (κ1) is 12.4. The van der Waals surface area contributed by atoms with Crippen LogP contribution in [0.5, 0.6) is 0 Å². The molecule has 0 fully saturated rings. The van der Waals surface area contributed by atoms with E-state index in [2.05, 4.69) is 17.0 Å². The van der Waals surface area contributed by atoms with Crippen molar-refractivity contribution in [1.82, 2.24) is 5.32 Å². The van der Waals surface area contributed by atoms with Gasteiger partial charge in [0.15, 0.2) is 0 Å². The monoisotopic (exact) mass is 189 g/mol. The molecule has 0 radical (unpaired) electrons. The summed E-state index contributed by atoms with van der Waals surface area (Å²) in [7, 11) is 1.38. The summed E-state index contributed by atoms with van der Waals surface area (Å²) < 4.78 is 9.65. The summed E-state index contributed by atoms with van der Waals surface area (Å²) in [5.41, 5.74) is 0. The highest BCUT2D eigenvalue weighted by molar-refractivity contribution is 5.69. The average molecular weight is 189 g/mol. The molecule has 78 valence electrons. The standard InChI is InChI=1S/C9H19NO3/c1-3-5-10-6-8-13-7-4-9(11)12-2/h10H,3-8H2,1-2H3. The summed E-state index contributed by atoms with van der Waals surface area (Å²) in [6.07, 6.45) is 1.46. The summed E-state index contributed by atoms with van der Waals surface area (Å²) in [4.78, 5) is 10.6. The quantitative estimate of drug-likeness (QED) is 0.448. The van der Waals surface area contributed by atoms with Crippen molar-refractivity contribution in [3.05, 3.63) is 0 Å². The number of hydrogen-bond donors (Lipinski definition) is 1. The Bertz CT molecular complexity index is 128. The minimum atomic E-state index is -0.221. The molecule has 4 nitrogen and oxygen atoms in total. The van der Waals surface area contributed by atoms with Crippen molar-refractivity contribution in [2.45, 2.75) is 19.8 Å². The molecule has 0 unspecified atom stereocenters. The summed E-state index contributed by atoms with van der Waals surface area (Å²) in [6.45, 7) is 5.07. The molecule has 0 aromatic rings. The smallest absolute Gasteiger partial charge is 0.307 e. The van der Waals surface area contributed by atoms with Crippen LogP contribution >= 0.6 is 0 Å². The third-order valence-corrected chi connectivity index (χ3v) is 1.53. The maximum Gasteiger partial charge on any atom is 0.307 e. The van der Waals surface area contributed by atoms with Gasteiger partial charge in [0, 0.05) is 6.54 Å². The fraction of sp³-hybridized carbons (Fsp3) is 0.889. The zero-order valence-corrected chi connectivity index (χ0v) is 8.47. The first-order valence-electron chi connectivity index (χ1n) is 4.66. The summed E-state index contributed by atoms with van der Waals surface area (Å²) >= 11 is 0. The highest BCUT2D eigenvalue weighted by Gasteiger charge is 1.98. The number of carbonyl (C=O) groups is 1. The molecule has 0 rings (SSSR count). The first-order chi connectivity index (χ1) is 6.31. The number of carbonyl (C=O) groups excluding carboxylic acids is 1. The fourth-order valence-electron chi connectivity index (χ4n) is 0.806. The lowest BCUT2D eigenvalue weighted by molar-refractivity contribution is -0.141. The summed E-state index contributed by atoms with van der Waals surface area (Å²) in [5, 5.41) is 3.20. The molecular formula is C9H19NO3. The summed E-state index contributed by atoms with van der Waals surface area (Å²) in [6, 6.07) is 0. The molecule has 0 aliphatic rings. The van der Waals surface area contributed by atoms with Gasteiger partial charge in [-0.3, -0.25) is 4.79 Å². The predicted molar refractivity (Wildman–Crippen MR) is 50.6 cm³/mol. The SMILES string of the molecule is CCCNCCOCCC(=O)OC. The molecule has 0 heterocycles. The maximum absolute atomic E-state index is 10.6. The fourth-order valence-corrected chi connectivity index (χ4v) is 0.806. The second-order valence-electron chi connectivity index (χ2n) is 2.69. The van der Waals surface area contributed by atoms with E-state index in [1.807, 2.05) is 0 Å². The number of nitrogens with one attached hydrogen (secondary N) is 1.